The monoisotopic (exact) mass is 141 g/mol. The lowest BCUT2D eigenvalue weighted by atomic mass is 9.85. The minimum absolute atomic E-state index is 0.0903. The molecule has 1 N–H and O–H groups in total. The molecule has 1 fully saturated rings. The number of hydrogen-bond acceptors (Lipinski definition) is 2. The van der Waals surface area contributed by atoms with Crippen molar-refractivity contribution < 1.29 is 4.79 Å². The maximum Gasteiger partial charge on any atom is 0.151 e. The van der Waals surface area contributed by atoms with Gasteiger partial charge in [0.25, 0.3) is 0 Å². The molecule has 1 aliphatic heterocycles. The SMILES string of the molecule is CC(C)(C)C1NCCC1=O. The van der Waals surface area contributed by atoms with E-state index in [0.29, 0.717) is 12.2 Å². The van der Waals surface area contributed by atoms with Gasteiger partial charge in [0.2, 0.25) is 0 Å². The third-order valence-corrected chi connectivity index (χ3v) is 1.91. The van der Waals surface area contributed by atoms with Crippen molar-refractivity contribution in [2.45, 2.75) is 33.2 Å². The predicted octanol–water partition coefficient (Wildman–Crippen LogP) is 0.964. The van der Waals surface area contributed by atoms with E-state index in [1.54, 1.807) is 0 Å². The van der Waals surface area contributed by atoms with E-state index in [1.807, 2.05) is 0 Å². The molecule has 0 aliphatic carbocycles. The lowest BCUT2D eigenvalue weighted by Crippen LogP contribution is -2.39. The highest BCUT2D eigenvalue weighted by molar-refractivity contribution is 5.86. The normalized spacial score (nSPS) is 27.5. The quantitative estimate of drug-likeness (QED) is 0.544. The number of nitrogens with one attached hydrogen (secondary N) is 1. The number of carbonyl (C=O) groups is 1. The van der Waals surface area contributed by atoms with E-state index in [9.17, 15) is 4.79 Å². The molecule has 2 heteroatoms. The molecule has 1 rings (SSSR count). The Kier molecular flexibility index (Phi) is 1.82. The first-order valence-corrected chi connectivity index (χ1v) is 3.78. The number of hydrogen-bond donors (Lipinski definition) is 1. The molecule has 1 atom stereocenters. The summed E-state index contributed by atoms with van der Waals surface area (Å²) in [5.74, 6) is 0.368. The number of Topliss-reactive ketones (excluding diaryl/α,β-unsaturated/α-hetero) is 1. The molecule has 0 radical (unpaired) electrons. The van der Waals surface area contributed by atoms with Crippen LogP contribution < -0.4 is 5.32 Å². The number of carbonyl (C=O) groups excluding carboxylic acids is 1. The highest BCUT2D eigenvalue weighted by Gasteiger charge is 2.33. The third kappa shape index (κ3) is 1.37. The van der Waals surface area contributed by atoms with Crippen LogP contribution in [-0.2, 0) is 4.79 Å². The van der Waals surface area contributed by atoms with E-state index in [0.717, 1.165) is 6.54 Å². The average molecular weight is 141 g/mol. The molecule has 1 unspecified atom stereocenters. The van der Waals surface area contributed by atoms with Gasteiger partial charge in [-0.3, -0.25) is 4.79 Å². The van der Waals surface area contributed by atoms with Crippen LogP contribution >= 0.6 is 0 Å². The summed E-state index contributed by atoms with van der Waals surface area (Å²) in [6, 6.07) is 0.0903. The lowest BCUT2D eigenvalue weighted by Gasteiger charge is -2.25. The molecule has 0 aromatic carbocycles. The van der Waals surface area contributed by atoms with Crippen LogP contribution in [0.1, 0.15) is 27.2 Å². The van der Waals surface area contributed by atoms with Gasteiger partial charge in [0.15, 0.2) is 5.78 Å². The van der Waals surface area contributed by atoms with Crippen molar-refractivity contribution in [2.75, 3.05) is 6.54 Å². The standard InChI is InChI=1S/C8H15NO/c1-8(2,3)7-6(10)4-5-9-7/h7,9H,4-5H2,1-3H3. The molecular weight excluding hydrogens is 126 g/mol. The second-order valence-electron chi connectivity index (χ2n) is 3.97. The van der Waals surface area contributed by atoms with E-state index in [1.165, 1.54) is 0 Å². The van der Waals surface area contributed by atoms with Crippen molar-refractivity contribution in [3.8, 4) is 0 Å². The summed E-state index contributed by atoms with van der Waals surface area (Å²) in [4.78, 5) is 11.2. The molecule has 1 saturated heterocycles. The van der Waals surface area contributed by atoms with Gasteiger partial charge in [-0.25, -0.2) is 0 Å². The van der Waals surface area contributed by atoms with Gasteiger partial charge >= 0.3 is 0 Å². The molecule has 2 nitrogen and oxygen atoms in total. The molecule has 1 aliphatic rings. The first kappa shape index (κ1) is 7.73. The first-order valence-electron chi connectivity index (χ1n) is 3.78. The Hall–Kier alpha value is -0.370. The summed E-state index contributed by atoms with van der Waals surface area (Å²) in [5, 5.41) is 3.20. The van der Waals surface area contributed by atoms with E-state index in [2.05, 4.69) is 26.1 Å². The van der Waals surface area contributed by atoms with Crippen LogP contribution in [0.3, 0.4) is 0 Å². The fourth-order valence-corrected chi connectivity index (χ4v) is 1.39. The Labute approximate surface area is 62.0 Å². The smallest absolute Gasteiger partial charge is 0.151 e. The van der Waals surface area contributed by atoms with Crippen LogP contribution in [0, 0.1) is 5.41 Å². The predicted molar refractivity (Wildman–Crippen MR) is 40.9 cm³/mol. The molecular formula is C8H15NO. The first-order chi connectivity index (χ1) is 4.52. The molecule has 0 aromatic heterocycles. The molecule has 0 spiro atoms. The van der Waals surface area contributed by atoms with Crippen LogP contribution in [0.4, 0.5) is 0 Å². The molecule has 0 bridgehead atoms. The number of rotatable bonds is 0. The zero-order valence-corrected chi connectivity index (χ0v) is 6.90. The van der Waals surface area contributed by atoms with E-state index < -0.39 is 0 Å². The van der Waals surface area contributed by atoms with Gasteiger partial charge in [-0.2, -0.15) is 0 Å². The summed E-state index contributed by atoms with van der Waals surface area (Å²) in [6.45, 7) is 7.14. The maximum atomic E-state index is 11.2. The Balaban J connectivity index is 2.64. The molecule has 0 aromatic rings. The van der Waals surface area contributed by atoms with Gasteiger partial charge in [-0.1, -0.05) is 20.8 Å². The summed E-state index contributed by atoms with van der Waals surface area (Å²) >= 11 is 0. The zero-order chi connectivity index (χ0) is 7.78. The van der Waals surface area contributed by atoms with Gasteiger partial charge in [0.1, 0.15) is 0 Å². The van der Waals surface area contributed by atoms with Gasteiger partial charge in [-0.05, 0) is 5.41 Å². The Morgan fingerprint density at radius 3 is 2.30 bits per heavy atom. The Morgan fingerprint density at radius 2 is 2.10 bits per heavy atom. The molecule has 1 heterocycles. The summed E-state index contributed by atoms with van der Waals surface area (Å²) < 4.78 is 0. The highest BCUT2D eigenvalue weighted by Crippen LogP contribution is 2.23. The summed E-state index contributed by atoms with van der Waals surface area (Å²) in [5.41, 5.74) is 0.0909. The van der Waals surface area contributed by atoms with Gasteiger partial charge in [0.05, 0.1) is 6.04 Å². The molecule has 58 valence electrons. The summed E-state index contributed by atoms with van der Waals surface area (Å²) in [7, 11) is 0. The largest absolute Gasteiger partial charge is 0.307 e. The van der Waals surface area contributed by atoms with Gasteiger partial charge in [-0.15, -0.1) is 0 Å². The van der Waals surface area contributed by atoms with Crippen molar-refractivity contribution in [1.82, 2.24) is 5.32 Å². The fourth-order valence-electron chi connectivity index (χ4n) is 1.39. The Bertz CT molecular complexity index is 146. The molecule has 0 saturated carbocycles. The van der Waals surface area contributed by atoms with Crippen LogP contribution in [0.15, 0.2) is 0 Å². The second kappa shape index (κ2) is 2.35. The topological polar surface area (TPSA) is 29.1 Å². The van der Waals surface area contributed by atoms with Crippen molar-refractivity contribution in [3.63, 3.8) is 0 Å². The lowest BCUT2D eigenvalue weighted by molar-refractivity contribution is -0.120. The third-order valence-electron chi connectivity index (χ3n) is 1.91. The summed E-state index contributed by atoms with van der Waals surface area (Å²) in [6.07, 6.45) is 0.710. The highest BCUT2D eigenvalue weighted by atomic mass is 16.1. The van der Waals surface area contributed by atoms with Crippen molar-refractivity contribution in [2.24, 2.45) is 5.41 Å². The van der Waals surface area contributed by atoms with Crippen molar-refractivity contribution >= 4 is 5.78 Å². The minimum Gasteiger partial charge on any atom is -0.307 e. The van der Waals surface area contributed by atoms with Crippen LogP contribution in [0.25, 0.3) is 0 Å². The second-order valence-corrected chi connectivity index (χ2v) is 3.97. The van der Waals surface area contributed by atoms with E-state index in [4.69, 9.17) is 0 Å². The maximum absolute atomic E-state index is 11.2. The Morgan fingerprint density at radius 1 is 1.50 bits per heavy atom. The van der Waals surface area contributed by atoms with E-state index in [-0.39, 0.29) is 11.5 Å². The van der Waals surface area contributed by atoms with Gasteiger partial charge < -0.3 is 5.32 Å². The molecule has 10 heavy (non-hydrogen) atoms. The van der Waals surface area contributed by atoms with Crippen LogP contribution in [0.5, 0.6) is 0 Å². The van der Waals surface area contributed by atoms with Crippen molar-refractivity contribution in [1.29, 1.82) is 0 Å². The van der Waals surface area contributed by atoms with E-state index >= 15 is 0 Å². The van der Waals surface area contributed by atoms with Gasteiger partial charge in [0, 0.05) is 13.0 Å². The van der Waals surface area contributed by atoms with Crippen molar-refractivity contribution in [3.05, 3.63) is 0 Å². The van der Waals surface area contributed by atoms with Crippen LogP contribution in [-0.4, -0.2) is 18.4 Å². The fraction of sp³-hybridized carbons (Fsp3) is 0.875. The number of ketones is 1. The zero-order valence-electron chi connectivity index (χ0n) is 6.90. The average Bonchev–Trinajstić information content (AvgIpc) is 2.11. The molecule has 0 amide bonds. The minimum atomic E-state index is 0.0903. The van der Waals surface area contributed by atoms with Crippen LogP contribution in [0.2, 0.25) is 0 Å².